The highest BCUT2D eigenvalue weighted by Gasteiger charge is 2.21. The van der Waals surface area contributed by atoms with Gasteiger partial charge >= 0.3 is 0 Å². The Morgan fingerprint density at radius 3 is 2.63 bits per heavy atom. The average Bonchev–Trinajstić information content (AvgIpc) is 2.88. The lowest BCUT2D eigenvalue weighted by Crippen LogP contribution is -2.09. The molecule has 0 fully saturated rings. The summed E-state index contributed by atoms with van der Waals surface area (Å²) >= 11 is 0. The van der Waals surface area contributed by atoms with Gasteiger partial charge in [0.15, 0.2) is 0 Å². The Morgan fingerprint density at radius 2 is 2.00 bits per heavy atom. The summed E-state index contributed by atoms with van der Waals surface area (Å²) in [4.78, 5) is 8.54. The van der Waals surface area contributed by atoms with Crippen LogP contribution in [0.25, 0.3) is 11.5 Å². The fraction of sp³-hybridized carbons (Fsp3) is 0.462. The van der Waals surface area contributed by atoms with E-state index in [4.69, 9.17) is 14.0 Å². The Morgan fingerprint density at radius 1 is 1.26 bits per heavy atom. The van der Waals surface area contributed by atoms with Crippen LogP contribution < -0.4 is 0 Å². The Kier molecular flexibility index (Phi) is 4.59. The van der Waals surface area contributed by atoms with Gasteiger partial charge in [-0.25, -0.2) is 0 Å². The highest BCUT2D eigenvalue weighted by atomic mass is 16.7. The molecule has 2 rings (SSSR count). The van der Waals surface area contributed by atoms with Crippen LogP contribution in [-0.2, 0) is 9.47 Å². The standard InChI is InChI=1S/C13H17N3O3/c1-4-17-13(18-5-2)12-15-11(16-19-12)10-9(3)7-6-8-14-10/h6-8,13H,4-5H2,1-3H3. The van der Waals surface area contributed by atoms with Gasteiger partial charge in [-0.2, -0.15) is 4.98 Å². The van der Waals surface area contributed by atoms with Gasteiger partial charge in [-0.15, -0.1) is 0 Å². The fourth-order valence-electron chi connectivity index (χ4n) is 1.64. The second kappa shape index (κ2) is 6.40. The molecule has 2 heterocycles. The van der Waals surface area contributed by atoms with Crippen LogP contribution in [0.3, 0.4) is 0 Å². The van der Waals surface area contributed by atoms with E-state index in [9.17, 15) is 0 Å². The van der Waals surface area contributed by atoms with Crippen LogP contribution in [0.4, 0.5) is 0 Å². The molecule has 0 amide bonds. The molecule has 0 aliphatic rings. The third kappa shape index (κ3) is 3.15. The van der Waals surface area contributed by atoms with Crippen molar-refractivity contribution in [3.63, 3.8) is 0 Å². The minimum Gasteiger partial charge on any atom is -0.345 e. The highest BCUT2D eigenvalue weighted by molar-refractivity contribution is 5.53. The van der Waals surface area contributed by atoms with Crippen molar-refractivity contribution in [1.29, 1.82) is 0 Å². The van der Waals surface area contributed by atoms with Crippen LogP contribution in [0, 0.1) is 6.92 Å². The van der Waals surface area contributed by atoms with E-state index in [1.54, 1.807) is 6.20 Å². The number of hydrogen-bond acceptors (Lipinski definition) is 6. The lowest BCUT2D eigenvalue weighted by Gasteiger charge is -2.11. The molecular formula is C13H17N3O3. The Labute approximate surface area is 111 Å². The van der Waals surface area contributed by atoms with Gasteiger partial charge in [0.1, 0.15) is 5.69 Å². The molecule has 0 bridgehead atoms. The van der Waals surface area contributed by atoms with Crippen molar-refractivity contribution < 1.29 is 14.0 Å². The lowest BCUT2D eigenvalue weighted by atomic mass is 10.2. The second-order valence-corrected chi connectivity index (χ2v) is 3.87. The predicted octanol–water partition coefficient (Wildman–Crippen LogP) is 2.51. The lowest BCUT2D eigenvalue weighted by molar-refractivity contribution is -0.155. The first-order valence-corrected chi connectivity index (χ1v) is 6.25. The van der Waals surface area contributed by atoms with E-state index in [0.29, 0.717) is 30.6 Å². The number of aromatic nitrogens is 3. The van der Waals surface area contributed by atoms with E-state index >= 15 is 0 Å². The summed E-state index contributed by atoms with van der Waals surface area (Å²) in [6.07, 6.45) is 1.07. The molecule has 0 atom stereocenters. The topological polar surface area (TPSA) is 70.3 Å². The monoisotopic (exact) mass is 263 g/mol. The molecule has 0 unspecified atom stereocenters. The maximum atomic E-state index is 5.41. The molecule has 0 aliphatic heterocycles. The summed E-state index contributed by atoms with van der Waals surface area (Å²) < 4.78 is 16.0. The SMILES string of the molecule is CCOC(OCC)c1nc(-c2ncccc2C)no1. The van der Waals surface area contributed by atoms with Crippen molar-refractivity contribution in [2.24, 2.45) is 0 Å². The maximum absolute atomic E-state index is 5.41. The van der Waals surface area contributed by atoms with Crippen LogP contribution in [0.2, 0.25) is 0 Å². The number of hydrogen-bond donors (Lipinski definition) is 0. The highest BCUT2D eigenvalue weighted by Crippen LogP contribution is 2.22. The van der Waals surface area contributed by atoms with E-state index < -0.39 is 6.29 Å². The van der Waals surface area contributed by atoms with Gasteiger partial charge in [0.2, 0.25) is 12.1 Å². The first-order chi connectivity index (χ1) is 9.26. The number of ether oxygens (including phenoxy) is 2. The molecule has 2 aromatic rings. The molecule has 0 spiro atoms. The average molecular weight is 263 g/mol. The smallest absolute Gasteiger partial charge is 0.284 e. The van der Waals surface area contributed by atoms with Crippen molar-refractivity contribution in [1.82, 2.24) is 15.1 Å². The molecule has 0 saturated heterocycles. The summed E-state index contributed by atoms with van der Waals surface area (Å²) in [6, 6.07) is 3.81. The fourth-order valence-corrected chi connectivity index (χ4v) is 1.64. The summed E-state index contributed by atoms with van der Waals surface area (Å²) in [5.74, 6) is 0.751. The summed E-state index contributed by atoms with van der Waals surface area (Å²) in [6.45, 7) is 6.72. The molecule has 0 aromatic carbocycles. The van der Waals surface area contributed by atoms with Crippen LogP contribution >= 0.6 is 0 Å². The zero-order chi connectivity index (χ0) is 13.7. The third-order valence-electron chi connectivity index (χ3n) is 2.50. The predicted molar refractivity (Wildman–Crippen MR) is 68.3 cm³/mol. The third-order valence-corrected chi connectivity index (χ3v) is 2.50. The number of aryl methyl sites for hydroxylation is 1. The van der Waals surface area contributed by atoms with Gasteiger partial charge < -0.3 is 14.0 Å². The molecule has 0 saturated carbocycles. The molecule has 6 heteroatoms. The zero-order valence-electron chi connectivity index (χ0n) is 11.3. The van der Waals surface area contributed by atoms with Crippen LogP contribution in [-0.4, -0.2) is 28.3 Å². The zero-order valence-corrected chi connectivity index (χ0v) is 11.3. The van der Waals surface area contributed by atoms with Crippen molar-refractivity contribution in [3.05, 3.63) is 29.8 Å². The largest absolute Gasteiger partial charge is 0.345 e. The first kappa shape index (κ1) is 13.6. The van der Waals surface area contributed by atoms with E-state index in [-0.39, 0.29) is 0 Å². The molecule has 102 valence electrons. The van der Waals surface area contributed by atoms with Gasteiger partial charge in [0.25, 0.3) is 5.89 Å². The maximum Gasteiger partial charge on any atom is 0.284 e. The Balaban J connectivity index is 2.25. The van der Waals surface area contributed by atoms with Gasteiger partial charge in [0, 0.05) is 19.4 Å². The number of nitrogens with zero attached hydrogens (tertiary/aromatic N) is 3. The summed E-state index contributed by atoms with van der Waals surface area (Å²) in [5.41, 5.74) is 1.68. The van der Waals surface area contributed by atoms with E-state index in [1.165, 1.54) is 0 Å². The van der Waals surface area contributed by atoms with Gasteiger partial charge in [-0.05, 0) is 32.4 Å². The molecule has 6 nitrogen and oxygen atoms in total. The summed E-state index contributed by atoms with van der Waals surface area (Å²) in [7, 11) is 0. The van der Waals surface area contributed by atoms with Crippen molar-refractivity contribution in [3.8, 4) is 11.5 Å². The van der Waals surface area contributed by atoms with Crippen LogP contribution in [0.1, 0.15) is 31.6 Å². The normalized spacial score (nSPS) is 11.2. The number of rotatable bonds is 6. The Bertz CT molecular complexity index is 521. The van der Waals surface area contributed by atoms with Crippen LogP contribution in [0.15, 0.2) is 22.9 Å². The van der Waals surface area contributed by atoms with Crippen molar-refractivity contribution in [2.45, 2.75) is 27.1 Å². The van der Waals surface area contributed by atoms with Gasteiger partial charge in [-0.3, -0.25) is 4.98 Å². The first-order valence-electron chi connectivity index (χ1n) is 6.25. The van der Waals surface area contributed by atoms with Crippen molar-refractivity contribution in [2.75, 3.05) is 13.2 Å². The van der Waals surface area contributed by atoms with E-state index in [2.05, 4.69) is 15.1 Å². The molecular weight excluding hydrogens is 246 g/mol. The number of pyridine rings is 1. The van der Waals surface area contributed by atoms with Crippen LogP contribution in [0.5, 0.6) is 0 Å². The van der Waals surface area contributed by atoms with Gasteiger partial charge in [0.05, 0.1) is 0 Å². The van der Waals surface area contributed by atoms with E-state index in [0.717, 1.165) is 5.56 Å². The molecule has 2 aromatic heterocycles. The molecule has 0 radical (unpaired) electrons. The minimum atomic E-state index is -0.625. The Hall–Kier alpha value is -1.79. The van der Waals surface area contributed by atoms with E-state index in [1.807, 2.05) is 32.9 Å². The summed E-state index contributed by atoms with van der Waals surface area (Å²) in [5, 5.41) is 3.92. The quantitative estimate of drug-likeness (QED) is 0.746. The van der Waals surface area contributed by atoms with Gasteiger partial charge in [-0.1, -0.05) is 11.2 Å². The minimum absolute atomic E-state index is 0.309. The molecule has 19 heavy (non-hydrogen) atoms. The molecule has 0 N–H and O–H groups in total. The van der Waals surface area contributed by atoms with Crippen molar-refractivity contribution >= 4 is 0 Å². The molecule has 0 aliphatic carbocycles. The second-order valence-electron chi connectivity index (χ2n) is 3.87.